The van der Waals surface area contributed by atoms with Crippen molar-refractivity contribution in [3.8, 4) is 0 Å². The maximum absolute atomic E-state index is 12.6. The molecule has 128 valence electrons. The number of nitrogens with two attached hydrogens (primary N) is 1. The van der Waals surface area contributed by atoms with Crippen LogP contribution in [0.25, 0.3) is 0 Å². The van der Waals surface area contributed by atoms with Gasteiger partial charge in [-0.1, -0.05) is 6.07 Å². The van der Waals surface area contributed by atoms with Crippen molar-refractivity contribution < 1.29 is 22.8 Å². The summed E-state index contributed by atoms with van der Waals surface area (Å²) in [5.41, 5.74) is 3.50. The van der Waals surface area contributed by atoms with Crippen molar-refractivity contribution >= 4 is 11.8 Å². The minimum Gasteiger partial charge on any atom is -0.343 e. The zero-order valence-electron chi connectivity index (χ0n) is 12.8. The predicted octanol–water partition coefficient (Wildman–Crippen LogP) is 1.63. The molecule has 0 unspecified atom stereocenters. The molecule has 1 aromatic carbocycles. The van der Waals surface area contributed by atoms with Crippen LogP contribution in [0, 0.1) is 0 Å². The second-order valence-corrected chi connectivity index (χ2v) is 4.85. The maximum atomic E-state index is 12.6. The van der Waals surface area contributed by atoms with Crippen molar-refractivity contribution in [1.29, 1.82) is 0 Å². The standard InChI is InChI=1S/C14H15F3N2O2.CH5N/c15-14(16,17)11-5-3-4-10(8-11)13(21)18-9-12(20)19-6-1-2-7-19;1-2/h3-5,8H,1-2,6-7,9H2,(H,18,21);2H2,1H3. The number of carbonyl (C=O) groups is 2. The normalized spacial score (nSPS) is 14.0. The van der Waals surface area contributed by atoms with E-state index < -0.39 is 17.6 Å². The second kappa shape index (κ2) is 8.52. The lowest BCUT2D eigenvalue weighted by Crippen LogP contribution is -2.38. The number of halogens is 3. The molecule has 5 nitrogen and oxygen atoms in total. The minimum absolute atomic E-state index is 0.112. The van der Waals surface area contributed by atoms with Crippen LogP contribution in [0.4, 0.5) is 13.2 Å². The Morgan fingerprint density at radius 1 is 1.22 bits per heavy atom. The van der Waals surface area contributed by atoms with E-state index in [9.17, 15) is 22.8 Å². The average molecular weight is 331 g/mol. The summed E-state index contributed by atoms with van der Waals surface area (Å²) in [6, 6.07) is 4.12. The van der Waals surface area contributed by atoms with E-state index in [1.165, 1.54) is 19.2 Å². The first kappa shape index (κ1) is 19.0. The molecular weight excluding hydrogens is 311 g/mol. The van der Waals surface area contributed by atoms with E-state index in [0.717, 1.165) is 25.0 Å². The summed E-state index contributed by atoms with van der Waals surface area (Å²) >= 11 is 0. The molecule has 0 spiro atoms. The largest absolute Gasteiger partial charge is 0.416 e. The molecule has 0 atom stereocenters. The number of amides is 2. The summed E-state index contributed by atoms with van der Waals surface area (Å²) in [5.74, 6) is -0.901. The van der Waals surface area contributed by atoms with E-state index in [2.05, 4.69) is 11.1 Å². The van der Waals surface area contributed by atoms with E-state index in [0.29, 0.717) is 13.1 Å². The molecule has 0 bridgehead atoms. The smallest absolute Gasteiger partial charge is 0.343 e. The summed E-state index contributed by atoms with van der Waals surface area (Å²) in [4.78, 5) is 25.2. The van der Waals surface area contributed by atoms with E-state index >= 15 is 0 Å². The number of nitrogens with zero attached hydrogens (tertiary/aromatic N) is 1. The fourth-order valence-corrected chi connectivity index (χ4v) is 2.17. The molecule has 1 heterocycles. The van der Waals surface area contributed by atoms with Gasteiger partial charge in [0.2, 0.25) is 5.91 Å². The Morgan fingerprint density at radius 2 is 1.83 bits per heavy atom. The highest BCUT2D eigenvalue weighted by molar-refractivity contribution is 5.96. The number of alkyl halides is 3. The zero-order valence-corrected chi connectivity index (χ0v) is 12.8. The third kappa shape index (κ3) is 5.55. The molecule has 2 amide bonds. The fourth-order valence-electron chi connectivity index (χ4n) is 2.17. The summed E-state index contributed by atoms with van der Waals surface area (Å²) in [6.07, 6.45) is -2.62. The molecule has 0 saturated carbocycles. The van der Waals surface area contributed by atoms with Gasteiger partial charge in [0.1, 0.15) is 0 Å². The van der Waals surface area contributed by atoms with Crippen LogP contribution in [0.3, 0.4) is 0 Å². The molecule has 23 heavy (non-hydrogen) atoms. The maximum Gasteiger partial charge on any atom is 0.416 e. The lowest BCUT2D eigenvalue weighted by atomic mass is 10.1. The van der Waals surface area contributed by atoms with Gasteiger partial charge in [-0.2, -0.15) is 13.2 Å². The van der Waals surface area contributed by atoms with Crippen molar-refractivity contribution in [2.75, 3.05) is 26.7 Å². The van der Waals surface area contributed by atoms with Crippen LogP contribution in [0.2, 0.25) is 0 Å². The van der Waals surface area contributed by atoms with Gasteiger partial charge in [0.05, 0.1) is 12.1 Å². The Hall–Kier alpha value is -2.09. The first-order chi connectivity index (χ1) is 10.9. The molecule has 2 rings (SSSR count). The van der Waals surface area contributed by atoms with Gasteiger partial charge >= 0.3 is 6.18 Å². The molecule has 3 N–H and O–H groups in total. The number of rotatable bonds is 3. The van der Waals surface area contributed by atoms with Gasteiger partial charge in [-0.25, -0.2) is 0 Å². The first-order valence-electron chi connectivity index (χ1n) is 7.19. The number of nitrogens with one attached hydrogen (secondary N) is 1. The van der Waals surface area contributed by atoms with E-state index in [1.807, 2.05) is 0 Å². The fraction of sp³-hybridized carbons (Fsp3) is 0.467. The Balaban J connectivity index is 0.00000127. The third-order valence-electron chi connectivity index (χ3n) is 3.31. The molecule has 0 aliphatic carbocycles. The number of carbonyl (C=O) groups excluding carboxylic acids is 2. The van der Waals surface area contributed by atoms with Crippen LogP contribution < -0.4 is 11.1 Å². The summed E-state index contributed by atoms with van der Waals surface area (Å²) in [5, 5.41) is 2.36. The highest BCUT2D eigenvalue weighted by Gasteiger charge is 2.31. The summed E-state index contributed by atoms with van der Waals surface area (Å²) in [7, 11) is 1.50. The van der Waals surface area contributed by atoms with Crippen LogP contribution in [0.1, 0.15) is 28.8 Å². The topological polar surface area (TPSA) is 75.4 Å². The molecule has 1 saturated heterocycles. The van der Waals surface area contributed by atoms with E-state index in [-0.39, 0.29) is 18.0 Å². The number of likely N-dealkylation sites (tertiary alicyclic amines) is 1. The minimum atomic E-state index is -4.50. The van der Waals surface area contributed by atoms with Gasteiger partial charge in [0, 0.05) is 18.7 Å². The molecular formula is C15H20F3N3O2. The predicted molar refractivity (Wildman–Crippen MR) is 79.7 cm³/mol. The monoisotopic (exact) mass is 331 g/mol. The number of benzene rings is 1. The lowest BCUT2D eigenvalue weighted by Gasteiger charge is -2.15. The Bertz CT molecular complexity index is 541. The van der Waals surface area contributed by atoms with Crippen molar-refractivity contribution in [3.05, 3.63) is 35.4 Å². The first-order valence-corrected chi connectivity index (χ1v) is 7.19. The number of hydrogen-bond donors (Lipinski definition) is 2. The van der Waals surface area contributed by atoms with Gasteiger partial charge in [-0.05, 0) is 38.1 Å². The molecule has 0 radical (unpaired) electrons. The van der Waals surface area contributed by atoms with Gasteiger partial charge in [-0.15, -0.1) is 0 Å². The van der Waals surface area contributed by atoms with E-state index in [1.54, 1.807) is 4.90 Å². The highest BCUT2D eigenvalue weighted by atomic mass is 19.4. The zero-order chi connectivity index (χ0) is 17.5. The average Bonchev–Trinajstić information content (AvgIpc) is 3.08. The Morgan fingerprint density at radius 3 is 2.39 bits per heavy atom. The molecule has 1 aromatic rings. The van der Waals surface area contributed by atoms with Crippen molar-refractivity contribution in [2.45, 2.75) is 19.0 Å². The Kier molecular flexibility index (Phi) is 7.02. The van der Waals surface area contributed by atoms with Crippen molar-refractivity contribution in [2.24, 2.45) is 5.73 Å². The van der Waals surface area contributed by atoms with Gasteiger partial charge < -0.3 is 16.0 Å². The summed E-state index contributed by atoms with van der Waals surface area (Å²) in [6.45, 7) is 1.13. The van der Waals surface area contributed by atoms with E-state index in [4.69, 9.17) is 0 Å². The van der Waals surface area contributed by atoms with Gasteiger partial charge in [0.15, 0.2) is 0 Å². The van der Waals surface area contributed by atoms with Crippen LogP contribution in [-0.2, 0) is 11.0 Å². The highest BCUT2D eigenvalue weighted by Crippen LogP contribution is 2.29. The quantitative estimate of drug-likeness (QED) is 0.884. The van der Waals surface area contributed by atoms with Crippen molar-refractivity contribution in [3.63, 3.8) is 0 Å². The van der Waals surface area contributed by atoms with Crippen LogP contribution in [0.15, 0.2) is 24.3 Å². The second-order valence-electron chi connectivity index (χ2n) is 4.85. The molecule has 1 fully saturated rings. The van der Waals surface area contributed by atoms with Crippen molar-refractivity contribution in [1.82, 2.24) is 10.2 Å². The molecule has 1 aliphatic heterocycles. The third-order valence-corrected chi connectivity index (χ3v) is 3.31. The SMILES string of the molecule is CN.O=C(NCC(=O)N1CCCC1)c1cccc(C(F)(F)F)c1. The summed E-state index contributed by atoms with van der Waals surface area (Å²) < 4.78 is 37.7. The molecule has 8 heteroatoms. The van der Waals surface area contributed by atoms with Crippen LogP contribution in [-0.4, -0.2) is 43.4 Å². The molecule has 0 aromatic heterocycles. The van der Waals surface area contributed by atoms with Gasteiger partial charge in [0.25, 0.3) is 5.91 Å². The van der Waals surface area contributed by atoms with Crippen LogP contribution >= 0.6 is 0 Å². The Labute approximate surface area is 132 Å². The van der Waals surface area contributed by atoms with Crippen LogP contribution in [0.5, 0.6) is 0 Å². The number of hydrogen-bond acceptors (Lipinski definition) is 3. The van der Waals surface area contributed by atoms with Gasteiger partial charge in [-0.3, -0.25) is 9.59 Å². The lowest BCUT2D eigenvalue weighted by molar-refractivity contribution is -0.137. The molecule has 1 aliphatic rings.